The smallest absolute Gasteiger partial charge is 0.222 e. The van der Waals surface area contributed by atoms with Crippen LogP contribution in [0.15, 0.2) is 12.7 Å². The van der Waals surface area contributed by atoms with Crippen molar-refractivity contribution in [3.8, 4) is 0 Å². The van der Waals surface area contributed by atoms with E-state index in [1.54, 1.807) is 0 Å². The molecule has 0 bridgehead atoms. The Morgan fingerprint density at radius 2 is 1.90 bits per heavy atom. The van der Waals surface area contributed by atoms with Crippen molar-refractivity contribution in [1.82, 2.24) is 10.2 Å². The first-order valence-electron chi connectivity index (χ1n) is 7.81. The number of carbonyl (C=O) groups is 1. The number of rotatable bonds is 4. The van der Waals surface area contributed by atoms with Crippen molar-refractivity contribution in [2.75, 3.05) is 26.2 Å². The summed E-state index contributed by atoms with van der Waals surface area (Å²) in [5.74, 6) is 2.25. The summed E-state index contributed by atoms with van der Waals surface area (Å²) < 4.78 is 0. The minimum absolute atomic E-state index is 0. The molecule has 0 aromatic rings. The third kappa shape index (κ3) is 4.78. The molecular formula is C16H29ClN2O. The first-order valence-corrected chi connectivity index (χ1v) is 7.81. The standard InChI is InChI=1S/C16H28N2O.ClH/c1-3-14-6-10-18(11-7-14)16(19)12-13(2)15-4-8-17-9-5-15;/h3,13-15,17H,1,4-12H2,2H3;1H. The summed E-state index contributed by atoms with van der Waals surface area (Å²) in [4.78, 5) is 14.4. The second-order valence-corrected chi connectivity index (χ2v) is 6.22. The van der Waals surface area contributed by atoms with Crippen LogP contribution >= 0.6 is 12.4 Å². The van der Waals surface area contributed by atoms with E-state index in [0.717, 1.165) is 51.4 Å². The second kappa shape index (κ2) is 8.68. The number of carbonyl (C=O) groups excluding carboxylic acids is 1. The normalized spacial score (nSPS) is 22.9. The van der Waals surface area contributed by atoms with E-state index < -0.39 is 0 Å². The Morgan fingerprint density at radius 1 is 1.30 bits per heavy atom. The van der Waals surface area contributed by atoms with Gasteiger partial charge in [-0.15, -0.1) is 19.0 Å². The van der Waals surface area contributed by atoms with Crippen molar-refractivity contribution < 1.29 is 4.79 Å². The van der Waals surface area contributed by atoms with Crippen LogP contribution in [0.3, 0.4) is 0 Å². The summed E-state index contributed by atoms with van der Waals surface area (Å²) in [6.45, 7) is 10.2. The molecule has 1 N–H and O–H groups in total. The van der Waals surface area contributed by atoms with Crippen molar-refractivity contribution in [3.05, 3.63) is 12.7 Å². The van der Waals surface area contributed by atoms with Gasteiger partial charge in [0.05, 0.1) is 0 Å². The zero-order chi connectivity index (χ0) is 13.7. The maximum absolute atomic E-state index is 12.3. The molecule has 0 aromatic heterocycles. The number of amides is 1. The van der Waals surface area contributed by atoms with Gasteiger partial charge in [0.2, 0.25) is 5.91 Å². The number of hydrogen-bond acceptors (Lipinski definition) is 2. The molecule has 1 atom stereocenters. The number of allylic oxidation sites excluding steroid dienone is 1. The largest absolute Gasteiger partial charge is 0.343 e. The molecule has 0 aliphatic carbocycles. The molecule has 2 fully saturated rings. The molecule has 2 saturated heterocycles. The Bertz CT molecular complexity index is 308. The predicted molar refractivity (Wildman–Crippen MR) is 86.1 cm³/mol. The fourth-order valence-corrected chi connectivity index (χ4v) is 3.37. The molecule has 2 heterocycles. The topological polar surface area (TPSA) is 32.3 Å². The highest BCUT2D eigenvalue weighted by Gasteiger charge is 2.26. The molecule has 1 unspecified atom stereocenters. The van der Waals surface area contributed by atoms with Crippen molar-refractivity contribution in [2.24, 2.45) is 17.8 Å². The van der Waals surface area contributed by atoms with Gasteiger partial charge in [0.25, 0.3) is 0 Å². The first-order chi connectivity index (χ1) is 9.20. The fraction of sp³-hybridized carbons (Fsp3) is 0.812. The molecule has 2 rings (SSSR count). The maximum atomic E-state index is 12.3. The van der Waals surface area contributed by atoms with Crippen LogP contribution in [0.4, 0.5) is 0 Å². The number of likely N-dealkylation sites (tertiary alicyclic amines) is 1. The van der Waals surface area contributed by atoms with Crippen LogP contribution in [0.5, 0.6) is 0 Å². The van der Waals surface area contributed by atoms with Gasteiger partial charge >= 0.3 is 0 Å². The molecule has 3 nitrogen and oxygen atoms in total. The Labute approximate surface area is 129 Å². The summed E-state index contributed by atoms with van der Waals surface area (Å²) in [6, 6.07) is 0. The average Bonchev–Trinajstić information content (AvgIpc) is 2.48. The van der Waals surface area contributed by atoms with Gasteiger partial charge in [0.15, 0.2) is 0 Å². The van der Waals surface area contributed by atoms with Crippen LogP contribution in [-0.2, 0) is 4.79 Å². The zero-order valence-corrected chi connectivity index (χ0v) is 13.5. The van der Waals surface area contributed by atoms with Crippen molar-refractivity contribution in [2.45, 2.75) is 39.0 Å². The Morgan fingerprint density at radius 3 is 2.45 bits per heavy atom. The third-order valence-corrected chi connectivity index (χ3v) is 4.91. The summed E-state index contributed by atoms with van der Waals surface area (Å²) in [5.41, 5.74) is 0. The molecule has 20 heavy (non-hydrogen) atoms. The van der Waals surface area contributed by atoms with Crippen LogP contribution in [0.25, 0.3) is 0 Å². The number of nitrogens with one attached hydrogen (secondary N) is 1. The Hall–Kier alpha value is -0.540. The van der Waals surface area contributed by atoms with Crippen molar-refractivity contribution >= 4 is 18.3 Å². The van der Waals surface area contributed by atoms with E-state index in [-0.39, 0.29) is 12.4 Å². The van der Waals surface area contributed by atoms with Gasteiger partial charge in [-0.2, -0.15) is 0 Å². The summed E-state index contributed by atoms with van der Waals surface area (Å²) in [7, 11) is 0. The van der Waals surface area contributed by atoms with E-state index in [4.69, 9.17) is 0 Å². The lowest BCUT2D eigenvalue weighted by molar-refractivity contribution is -0.133. The van der Waals surface area contributed by atoms with Gasteiger partial charge in [-0.3, -0.25) is 4.79 Å². The highest BCUT2D eigenvalue weighted by atomic mass is 35.5. The molecule has 116 valence electrons. The first kappa shape index (κ1) is 17.5. The van der Waals surface area contributed by atoms with Gasteiger partial charge < -0.3 is 10.2 Å². The molecule has 0 saturated carbocycles. The number of nitrogens with zero attached hydrogens (tertiary/aromatic N) is 1. The lowest BCUT2D eigenvalue weighted by atomic mass is 9.83. The van der Waals surface area contributed by atoms with Crippen molar-refractivity contribution in [3.63, 3.8) is 0 Å². The second-order valence-electron chi connectivity index (χ2n) is 6.22. The monoisotopic (exact) mass is 300 g/mol. The molecule has 2 aliphatic heterocycles. The predicted octanol–water partition coefficient (Wildman–Crippen LogP) is 2.86. The number of piperidine rings is 2. The maximum Gasteiger partial charge on any atom is 0.222 e. The van der Waals surface area contributed by atoms with Crippen LogP contribution in [-0.4, -0.2) is 37.0 Å². The van der Waals surface area contributed by atoms with E-state index in [0.29, 0.717) is 17.7 Å². The van der Waals surface area contributed by atoms with E-state index in [9.17, 15) is 4.79 Å². The summed E-state index contributed by atoms with van der Waals surface area (Å²) in [5, 5.41) is 3.39. The van der Waals surface area contributed by atoms with Crippen LogP contribution in [0.2, 0.25) is 0 Å². The highest BCUT2D eigenvalue weighted by molar-refractivity contribution is 5.85. The van der Waals surface area contributed by atoms with E-state index in [2.05, 4.69) is 23.7 Å². The fourth-order valence-electron chi connectivity index (χ4n) is 3.37. The SMILES string of the molecule is C=CC1CCN(C(=O)CC(C)C2CCNCC2)CC1.Cl. The van der Waals surface area contributed by atoms with Gasteiger partial charge in [-0.25, -0.2) is 0 Å². The van der Waals surface area contributed by atoms with Gasteiger partial charge in [0, 0.05) is 19.5 Å². The van der Waals surface area contributed by atoms with Crippen LogP contribution in [0, 0.1) is 17.8 Å². The number of halogens is 1. The van der Waals surface area contributed by atoms with Gasteiger partial charge in [-0.05, 0) is 56.5 Å². The molecule has 2 aliphatic rings. The molecule has 1 amide bonds. The zero-order valence-electron chi connectivity index (χ0n) is 12.6. The van der Waals surface area contributed by atoms with Crippen LogP contribution < -0.4 is 5.32 Å². The minimum atomic E-state index is 0. The Kier molecular flexibility index (Phi) is 7.60. The Balaban J connectivity index is 0.00000200. The number of hydrogen-bond donors (Lipinski definition) is 1. The lowest BCUT2D eigenvalue weighted by Crippen LogP contribution is -2.40. The van der Waals surface area contributed by atoms with E-state index in [1.165, 1.54) is 12.8 Å². The average molecular weight is 301 g/mol. The summed E-state index contributed by atoms with van der Waals surface area (Å²) in [6.07, 6.45) is 7.43. The van der Waals surface area contributed by atoms with Crippen LogP contribution in [0.1, 0.15) is 39.0 Å². The third-order valence-electron chi connectivity index (χ3n) is 4.91. The van der Waals surface area contributed by atoms with Gasteiger partial charge in [-0.1, -0.05) is 13.0 Å². The van der Waals surface area contributed by atoms with E-state index >= 15 is 0 Å². The quantitative estimate of drug-likeness (QED) is 0.810. The van der Waals surface area contributed by atoms with Gasteiger partial charge in [0.1, 0.15) is 0 Å². The molecule has 0 radical (unpaired) electrons. The summed E-state index contributed by atoms with van der Waals surface area (Å²) >= 11 is 0. The molecule has 0 aromatic carbocycles. The van der Waals surface area contributed by atoms with E-state index in [1.807, 2.05) is 6.08 Å². The minimum Gasteiger partial charge on any atom is -0.343 e. The molecule has 0 spiro atoms. The van der Waals surface area contributed by atoms with Crippen molar-refractivity contribution in [1.29, 1.82) is 0 Å². The lowest BCUT2D eigenvalue weighted by Gasteiger charge is -2.33. The molecule has 4 heteroatoms. The highest BCUT2D eigenvalue weighted by Crippen LogP contribution is 2.26. The molecular weight excluding hydrogens is 272 g/mol.